The minimum absolute atomic E-state index is 0.160. The van der Waals surface area contributed by atoms with Gasteiger partial charge in [0.2, 0.25) is 6.29 Å². The SMILES string of the molecule is COc1cc(/C=C/[C]=O)ccc1F. The molecule has 0 amide bonds. The fraction of sp³-hybridized carbons (Fsp3) is 0.100. The Balaban J connectivity index is 2.99. The highest BCUT2D eigenvalue weighted by molar-refractivity contribution is 5.74. The molecule has 0 heterocycles. The van der Waals surface area contributed by atoms with Crippen molar-refractivity contribution in [2.45, 2.75) is 0 Å². The summed E-state index contributed by atoms with van der Waals surface area (Å²) in [6.07, 6.45) is 4.34. The average molecular weight is 179 g/mol. The monoisotopic (exact) mass is 179 g/mol. The number of ether oxygens (including phenoxy) is 1. The molecular weight excluding hydrogens is 171 g/mol. The van der Waals surface area contributed by atoms with E-state index in [1.165, 1.54) is 31.4 Å². The van der Waals surface area contributed by atoms with E-state index in [4.69, 9.17) is 4.74 Å². The predicted molar refractivity (Wildman–Crippen MR) is 47.7 cm³/mol. The van der Waals surface area contributed by atoms with Crippen molar-refractivity contribution in [2.75, 3.05) is 7.11 Å². The summed E-state index contributed by atoms with van der Waals surface area (Å²) in [6.45, 7) is 0. The molecule has 1 radical (unpaired) electrons. The molecule has 0 aliphatic rings. The molecule has 0 N–H and O–H groups in total. The Morgan fingerprint density at radius 1 is 1.54 bits per heavy atom. The molecule has 13 heavy (non-hydrogen) atoms. The zero-order valence-electron chi connectivity index (χ0n) is 7.08. The number of carbonyl (C=O) groups excluding carboxylic acids is 1. The highest BCUT2D eigenvalue weighted by atomic mass is 19.1. The van der Waals surface area contributed by atoms with Crippen molar-refractivity contribution in [3.63, 3.8) is 0 Å². The summed E-state index contributed by atoms with van der Waals surface area (Å²) in [4.78, 5) is 9.88. The van der Waals surface area contributed by atoms with Crippen molar-refractivity contribution in [3.8, 4) is 5.75 Å². The molecule has 0 fully saturated rings. The number of hydrogen-bond donors (Lipinski definition) is 0. The van der Waals surface area contributed by atoms with E-state index in [0.717, 1.165) is 0 Å². The Bertz CT molecular complexity index is 332. The van der Waals surface area contributed by atoms with Gasteiger partial charge < -0.3 is 4.74 Å². The third-order valence-electron chi connectivity index (χ3n) is 1.52. The lowest BCUT2D eigenvalue weighted by atomic mass is 10.2. The Morgan fingerprint density at radius 3 is 2.92 bits per heavy atom. The van der Waals surface area contributed by atoms with E-state index >= 15 is 0 Å². The van der Waals surface area contributed by atoms with Crippen LogP contribution in [-0.4, -0.2) is 13.4 Å². The van der Waals surface area contributed by atoms with Crippen LogP contribution in [0.25, 0.3) is 6.08 Å². The molecule has 0 aliphatic heterocycles. The summed E-state index contributed by atoms with van der Waals surface area (Å²) in [5.41, 5.74) is 0.696. The topological polar surface area (TPSA) is 26.3 Å². The number of benzene rings is 1. The van der Waals surface area contributed by atoms with Crippen LogP contribution in [0.2, 0.25) is 0 Å². The van der Waals surface area contributed by atoms with Gasteiger partial charge >= 0.3 is 0 Å². The molecule has 0 atom stereocenters. The lowest BCUT2D eigenvalue weighted by molar-refractivity contribution is 0.386. The van der Waals surface area contributed by atoms with Gasteiger partial charge in [0.15, 0.2) is 11.6 Å². The smallest absolute Gasteiger partial charge is 0.225 e. The molecule has 1 rings (SSSR count). The van der Waals surface area contributed by atoms with E-state index in [1.807, 2.05) is 0 Å². The molecule has 2 nitrogen and oxygen atoms in total. The molecule has 3 heteroatoms. The van der Waals surface area contributed by atoms with Crippen LogP contribution in [0.3, 0.4) is 0 Å². The fourth-order valence-electron chi connectivity index (χ4n) is 0.910. The van der Waals surface area contributed by atoms with Gasteiger partial charge in [0, 0.05) is 0 Å². The van der Waals surface area contributed by atoms with Crippen molar-refractivity contribution in [2.24, 2.45) is 0 Å². The van der Waals surface area contributed by atoms with E-state index in [1.54, 1.807) is 12.4 Å². The highest BCUT2D eigenvalue weighted by Crippen LogP contribution is 2.18. The van der Waals surface area contributed by atoms with Gasteiger partial charge in [-0.05, 0) is 23.8 Å². The van der Waals surface area contributed by atoms with E-state index in [9.17, 15) is 9.18 Å². The Kier molecular flexibility index (Phi) is 3.20. The summed E-state index contributed by atoms with van der Waals surface area (Å²) in [5, 5.41) is 0. The van der Waals surface area contributed by atoms with Crippen LogP contribution < -0.4 is 4.74 Å². The number of hydrogen-bond acceptors (Lipinski definition) is 2. The fourth-order valence-corrected chi connectivity index (χ4v) is 0.910. The van der Waals surface area contributed by atoms with Crippen LogP contribution in [-0.2, 0) is 4.79 Å². The van der Waals surface area contributed by atoms with Crippen molar-refractivity contribution in [3.05, 3.63) is 35.7 Å². The molecule has 0 bridgehead atoms. The minimum atomic E-state index is -0.422. The zero-order valence-corrected chi connectivity index (χ0v) is 7.08. The van der Waals surface area contributed by atoms with Crippen LogP contribution in [0.1, 0.15) is 5.56 Å². The molecule has 0 unspecified atom stereocenters. The maximum atomic E-state index is 12.9. The van der Waals surface area contributed by atoms with Crippen LogP contribution in [0.5, 0.6) is 5.75 Å². The first-order chi connectivity index (χ1) is 6.27. The molecule has 1 aromatic rings. The number of rotatable bonds is 3. The lowest BCUT2D eigenvalue weighted by Gasteiger charge is -2.01. The molecule has 0 aliphatic carbocycles. The molecule has 0 spiro atoms. The molecular formula is C10H8FO2. The van der Waals surface area contributed by atoms with E-state index in [-0.39, 0.29) is 5.75 Å². The summed E-state index contributed by atoms with van der Waals surface area (Å²) in [5.74, 6) is -0.261. The summed E-state index contributed by atoms with van der Waals surface area (Å²) in [7, 11) is 1.39. The quantitative estimate of drug-likeness (QED) is 0.663. The molecule has 1 aromatic carbocycles. The van der Waals surface area contributed by atoms with Crippen molar-refractivity contribution >= 4 is 12.4 Å². The highest BCUT2D eigenvalue weighted by Gasteiger charge is 2.00. The van der Waals surface area contributed by atoms with Crippen LogP contribution in [0.4, 0.5) is 4.39 Å². The van der Waals surface area contributed by atoms with Gasteiger partial charge in [-0.1, -0.05) is 12.1 Å². The second kappa shape index (κ2) is 4.40. The maximum Gasteiger partial charge on any atom is 0.225 e. The predicted octanol–water partition coefficient (Wildman–Crippen LogP) is 1.96. The largest absolute Gasteiger partial charge is 0.494 e. The van der Waals surface area contributed by atoms with E-state index in [0.29, 0.717) is 5.56 Å². The van der Waals surface area contributed by atoms with Crippen molar-refractivity contribution < 1.29 is 13.9 Å². The van der Waals surface area contributed by atoms with Gasteiger partial charge in [-0.25, -0.2) is 4.39 Å². The first-order valence-electron chi connectivity index (χ1n) is 3.65. The van der Waals surface area contributed by atoms with Gasteiger partial charge in [-0.3, -0.25) is 4.79 Å². The van der Waals surface area contributed by atoms with Crippen molar-refractivity contribution in [1.82, 2.24) is 0 Å². The number of allylic oxidation sites excluding steroid dienone is 1. The van der Waals surface area contributed by atoms with Crippen LogP contribution >= 0.6 is 0 Å². The van der Waals surface area contributed by atoms with Gasteiger partial charge in [0.1, 0.15) is 0 Å². The number of methoxy groups -OCH3 is 1. The van der Waals surface area contributed by atoms with Gasteiger partial charge in [0.05, 0.1) is 7.11 Å². The van der Waals surface area contributed by atoms with Crippen LogP contribution in [0, 0.1) is 5.82 Å². The summed E-state index contributed by atoms with van der Waals surface area (Å²) < 4.78 is 17.6. The van der Waals surface area contributed by atoms with E-state index < -0.39 is 5.82 Å². The first-order valence-corrected chi connectivity index (χ1v) is 3.65. The zero-order chi connectivity index (χ0) is 9.68. The molecule has 67 valence electrons. The number of halogens is 1. The van der Waals surface area contributed by atoms with Gasteiger partial charge in [0.25, 0.3) is 0 Å². The third-order valence-corrected chi connectivity index (χ3v) is 1.52. The Morgan fingerprint density at radius 2 is 2.31 bits per heavy atom. The van der Waals surface area contributed by atoms with Crippen LogP contribution in [0.15, 0.2) is 24.3 Å². The minimum Gasteiger partial charge on any atom is -0.494 e. The standard InChI is InChI=1S/C10H8FO2/c1-13-10-7-8(3-2-6-12)4-5-9(10)11/h2-5,7H,1H3/b3-2+. The molecule has 0 aromatic heterocycles. The average Bonchev–Trinajstić information content (AvgIpc) is 2.16. The van der Waals surface area contributed by atoms with E-state index in [2.05, 4.69) is 0 Å². The van der Waals surface area contributed by atoms with Crippen molar-refractivity contribution in [1.29, 1.82) is 0 Å². The second-order valence-electron chi connectivity index (χ2n) is 2.35. The lowest BCUT2D eigenvalue weighted by Crippen LogP contribution is -1.87. The Labute approximate surface area is 75.6 Å². The third kappa shape index (κ3) is 2.40. The molecule has 0 saturated carbocycles. The first kappa shape index (κ1) is 9.45. The maximum absolute atomic E-state index is 12.9. The van der Waals surface area contributed by atoms with Gasteiger partial charge in [-0.15, -0.1) is 0 Å². The second-order valence-corrected chi connectivity index (χ2v) is 2.35. The van der Waals surface area contributed by atoms with Gasteiger partial charge in [-0.2, -0.15) is 0 Å². The Hall–Kier alpha value is -1.64. The summed E-state index contributed by atoms with van der Waals surface area (Å²) in [6, 6.07) is 4.33. The normalized spacial score (nSPS) is 10.3. The summed E-state index contributed by atoms with van der Waals surface area (Å²) >= 11 is 0. The molecule has 0 saturated heterocycles.